The first-order valence-corrected chi connectivity index (χ1v) is 6.32. The van der Waals surface area contributed by atoms with E-state index in [1.807, 2.05) is 18.2 Å². The zero-order chi connectivity index (χ0) is 14.4. The Morgan fingerprint density at radius 3 is 2.90 bits per heavy atom. The van der Waals surface area contributed by atoms with E-state index < -0.39 is 0 Å². The van der Waals surface area contributed by atoms with E-state index in [0.717, 1.165) is 5.69 Å². The Bertz CT molecular complexity index is 585. The largest absolute Gasteiger partial charge is 0.497 e. The lowest BCUT2D eigenvalue weighted by Crippen LogP contribution is -2.14. The number of aryl methyl sites for hydroxylation is 1. The van der Waals surface area contributed by atoms with Gasteiger partial charge >= 0.3 is 0 Å². The average Bonchev–Trinajstić information content (AvgIpc) is 2.48. The molecule has 1 aromatic carbocycles. The molecular weight excluding hydrogens is 254 g/mol. The summed E-state index contributed by atoms with van der Waals surface area (Å²) in [6.45, 7) is 0. The highest BCUT2D eigenvalue weighted by atomic mass is 16.5. The third-order valence-corrected chi connectivity index (χ3v) is 2.87. The highest BCUT2D eigenvalue weighted by Gasteiger charge is 2.07. The van der Waals surface area contributed by atoms with Crippen molar-refractivity contribution in [2.24, 2.45) is 0 Å². The summed E-state index contributed by atoms with van der Waals surface area (Å²) in [5.74, 6) is 0.551. The van der Waals surface area contributed by atoms with Crippen molar-refractivity contribution in [1.82, 2.24) is 4.98 Å². The fourth-order valence-corrected chi connectivity index (χ4v) is 1.77. The number of nitrogens with zero attached hydrogens (tertiary/aromatic N) is 1. The Labute approximate surface area is 117 Å². The number of hydrogen-bond donors (Lipinski definition) is 2. The number of nitrogens with one attached hydrogen (secondary N) is 1. The Morgan fingerprint density at radius 2 is 2.20 bits per heavy atom. The summed E-state index contributed by atoms with van der Waals surface area (Å²) in [7, 11) is 1.57. The lowest BCUT2D eigenvalue weighted by Gasteiger charge is -2.09. The maximum atomic E-state index is 11.9. The second kappa shape index (κ2) is 6.56. The van der Waals surface area contributed by atoms with Gasteiger partial charge in [-0.15, -0.1) is 0 Å². The van der Waals surface area contributed by atoms with Crippen LogP contribution in [0.4, 0.5) is 11.4 Å². The maximum Gasteiger partial charge on any atom is 0.224 e. The number of pyridine rings is 1. The Balaban J connectivity index is 1.94. The second-order valence-corrected chi connectivity index (χ2v) is 4.32. The van der Waals surface area contributed by atoms with Gasteiger partial charge in [0.25, 0.3) is 0 Å². The van der Waals surface area contributed by atoms with Crippen molar-refractivity contribution in [3.8, 4) is 5.75 Å². The summed E-state index contributed by atoms with van der Waals surface area (Å²) < 4.78 is 5.10. The highest BCUT2D eigenvalue weighted by molar-refractivity contribution is 5.94. The minimum atomic E-state index is -0.101. The van der Waals surface area contributed by atoms with Gasteiger partial charge in [-0.1, -0.05) is 6.07 Å². The second-order valence-electron chi connectivity index (χ2n) is 4.32. The molecule has 0 fully saturated rings. The van der Waals surface area contributed by atoms with Crippen molar-refractivity contribution in [3.63, 3.8) is 0 Å². The summed E-state index contributed by atoms with van der Waals surface area (Å²) >= 11 is 0. The SMILES string of the molecule is COc1ccc(N)c(NC(=O)CCc2ccccn2)c1. The lowest BCUT2D eigenvalue weighted by atomic mass is 10.2. The molecule has 20 heavy (non-hydrogen) atoms. The molecule has 0 spiro atoms. The predicted octanol–water partition coefficient (Wildman–Crippen LogP) is 2.24. The number of carbonyl (C=O) groups excluding carboxylic acids is 1. The van der Waals surface area contributed by atoms with E-state index >= 15 is 0 Å². The molecule has 0 aliphatic carbocycles. The van der Waals surface area contributed by atoms with Crippen molar-refractivity contribution < 1.29 is 9.53 Å². The van der Waals surface area contributed by atoms with E-state index in [1.165, 1.54) is 0 Å². The quantitative estimate of drug-likeness (QED) is 0.818. The first-order valence-electron chi connectivity index (χ1n) is 6.32. The van der Waals surface area contributed by atoms with Gasteiger partial charge in [0.2, 0.25) is 5.91 Å². The molecule has 5 heteroatoms. The van der Waals surface area contributed by atoms with Crippen LogP contribution in [0.15, 0.2) is 42.6 Å². The van der Waals surface area contributed by atoms with Crippen molar-refractivity contribution in [1.29, 1.82) is 0 Å². The fourth-order valence-electron chi connectivity index (χ4n) is 1.77. The molecule has 0 bridgehead atoms. The number of benzene rings is 1. The highest BCUT2D eigenvalue weighted by Crippen LogP contribution is 2.24. The Kier molecular flexibility index (Phi) is 4.55. The number of hydrogen-bond acceptors (Lipinski definition) is 4. The molecule has 0 unspecified atom stereocenters. The van der Waals surface area contributed by atoms with Crippen molar-refractivity contribution in [3.05, 3.63) is 48.3 Å². The summed E-state index contributed by atoms with van der Waals surface area (Å²) in [4.78, 5) is 16.1. The standard InChI is InChI=1S/C15H17N3O2/c1-20-12-6-7-13(16)14(10-12)18-15(19)8-5-11-4-2-3-9-17-11/h2-4,6-7,9-10H,5,8,16H2,1H3,(H,18,19). The molecule has 1 amide bonds. The zero-order valence-corrected chi connectivity index (χ0v) is 11.3. The molecule has 0 atom stereocenters. The molecule has 1 heterocycles. The van der Waals surface area contributed by atoms with Crippen molar-refractivity contribution in [2.45, 2.75) is 12.8 Å². The van der Waals surface area contributed by atoms with Gasteiger partial charge in [0, 0.05) is 24.4 Å². The number of methoxy groups -OCH3 is 1. The van der Waals surface area contributed by atoms with Crippen LogP contribution < -0.4 is 15.8 Å². The van der Waals surface area contributed by atoms with Gasteiger partial charge < -0.3 is 15.8 Å². The first-order chi connectivity index (χ1) is 9.69. The summed E-state index contributed by atoms with van der Waals surface area (Å²) in [6.07, 6.45) is 2.66. The normalized spacial score (nSPS) is 10.1. The zero-order valence-electron chi connectivity index (χ0n) is 11.3. The summed E-state index contributed by atoms with van der Waals surface area (Å²) in [6, 6.07) is 10.8. The number of nitrogens with two attached hydrogens (primary N) is 1. The van der Waals surface area contributed by atoms with E-state index in [1.54, 1.807) is 31.5 Å². The molecule has 0 saturated heterocycles. The molecule has 1 aromatic heterocycles. The van der Waals surface area contributed by atoms with Crippen LogP contribution >= 0.6 is 0 Å². The van der Waals surface area contributed by atoms with Gasteiger partial charge in [-0.2, -0.15) is 0 Å². The van der Waals surface area contributed by atoms with E-state index in [0.29, 0.717) is 30.0 Å². The smallest absolute Gasteiger partial charge is 0.224 e. The topological polar surface area (TPSA) is 77.2 Å². The van der Waals surface area contributed by atoms with Crippen LogP contribution in [-0.2, 0) is 11.2 Å². The van der Waals surface area contributed by atoms with Gasteiger partial charge in [0.1, 0.15) is 5.75 Å². The number of ether oxygens (including phenoxy) is 1. The van der Waals surface area contributed by atoms with Gasteiger partial charge in [-0.3, -0.25) is 9.78 Å². The van der Waals surface area contributed by atoms with Crippen LogP contribution in [0.5, 0.6) is 5.75 Å². The number of anilines is 2. The van der Waals surface area contributed by atoms with Crippen LogP contribution in [0, 0.1) is 0 Å². The van der Waals surface area contributed by atoms with E-state index in [9.17, 15) is 4.79 Å². The van der Waals surface area contributed by atoms with E-state index in [2.05, 4.69) is 10.3 Å². The number of aromatic nitrogens is 1. The van der Waals surface area contributed by atoms with E-state index in [4.69, 9.17) is 10.5 Å². The minimum absolute atomic E-state index is 0.101. The molecule has 2 rings (SSSR count). The van der Waals surface area contributed by atoms with Gasteiger partial charge in [-0.05, 0) is 30.7 Å². The monoisotopic (exact) mass is 271 g/mol. The molecule has 5 nitrogen and oxygen atoms in total. The molecule has 0 aliphatic heterocycles. The minimum Gasteiger partial charge on any atom is -0.497 e. The van der Waals surface area contributed by atoms with Crippen LogP contribution in [0.2, 0.25) is 0 Å². The average molecular weight is 271 g/mol. The van der Waals surface area contributed by atoms with Gasteiger partial charge in [0.05, 0.1) is 18.5 Å². The van der Waals surface area contributed by atoms with E-state index in [-0.39, 0.29) is 5.91 Å². The summed E-state index contributed by atoms with van der Waals surface area (Å²) in [5, 5.41) is 2.78. The number of rotatable bonds is 5. The molecule has 0 saturated carbocycles. The number of nitrogen functional groups attached to an aromatic ring is 1. The Hall–Kier alpha value is -2.56. The van der Waals surface area contributed by atoms with Crippen molar-refractivity contribution in [2.75, 3.05) is 18.2 Å². The molecular formula is C15H17N3O2. The molecule has 104 valence electrons. The molecule has 0 aliphatic rings. The van der Waals surface area contributed by atoms with Crippen LogP contribution in [0.1, 0.15) is 12.1 Å². The summed E-state index contributed by atoms with van der Waals surface area (Å²) in [5.41, 5.74) is 7.78. The fraction of sp³-hybridized carbons (Fsp3) is 0.200. The van der Waals surface area contributed by atoms with Crippen LogP contribution in [0.25, 0.3) is 0 Å². The number of carbonyl (C=O) groups is 1. The third kappa shape index (κ3) is 3.71. The van der Waals surface area contributed by atoms with Crippen LogP contribution in [0.3, 0.4) is 0 Å². The third-order valence-electron chi connectivity index (χ3n) is 2.87. The van der Waals surface area contributed by atoms with Gasteiger partial charge in [0.15, 0.2) is 0 Å². The molecule has 0 radical (unpaired) electrons. The molecule has 3 N–H and O–H groups in total. The van der Waals surface area contributed by atoms with Crippen molar-refractivity contribution >= 4 is 17.3 Å². The first kappa shape index (κ1) is 13.9. The maximum absolute atomic E-state index is 11.9. The van der Waals surface area contributed by atoms with Crippen LogP contribution in [-0.4, -0.2) is 18.0 Å². The predicted molar refractivity (Wildman–Crippen MR) is 78.6 cm³/mol. The number of amides is 1. The van der Waals surface area contributed by atoms with Gasteiger partial charge in [-0.25, -0.2) is 0 Å². The lowest BCUT2D eigenvalue weighted by molar-refractivity contribution is -0.116. The molecule has 2 aromatic rings. The Morgan fingerprint density at radius 1 is 1.35 bits per heavy atom.